The summed E-state index contributed by atoms with van der Waals surface area (Å²) in [4.78, 5) is 16.5. The van der Waals surface area contributed by atoms with Gasteiger partial charge in [0.25, 0.3) is 5.91 Å². The van der Waals surface area contributed by atoms with Gasteiger partial charge in [-0.2, -0.15) is 0 Å². The van der Waals surface area contributed by atoms with Gasteiger partial charge < -0.3 is 15.4 Å². The summed E-state index contributed by atoms with van der Waals surface area (Å²) in [5.74, 6) is 1.21. The predicted molar refractivity (Wildman–Crippen MR) is 103 cm³/mol. The second kappa shape index (κ2) is 7.81. The van der Waals surface area contributed by atoms with Gasteiger partial charge in [-0.1, -0.05) is 28.1 Å². The Morgan fingerprint density at radius 3 is 2.48 bits per heavy atom. The summed E-state index contributed by atoms with van der Waals surface area (Å²) in [5.41, 5.74) is 2.03. The standard InChI is InChI=1S/C19H16BrN3O2/c1-25-17-5-3-2-4-16(17)23-18-11-10-15(12-21-18)22-19(24)13-6-8-14(20)9-7-13/h2-12H,1H3,(H,21,23)(H,22,24). The Kier molecular flexibility index (Phi) is 5.30. The molecule has 1 amide bonds. The predicted octanol–water partition coefficient (Wildman–Crippen LogP) is 4.85. The van der Waals surface area contributed by atoms with Crippen molar-refractivity contribution in [2.45, 2.75) is 0 Å². The van der Waals surface area contributed by atoms with Crippen LogP contribution < -0.4 is 15.4 Å². The van der Waals surface area contributed by atoms with E-state index in [9.17, 15) is 4.79 Å². The number of nitrogens with zero attached hydrogens (tertiary/aromatic N) is 1. The van der Waals surface area contributed by atoms with E-state index in [2.05, 4.69) is 31.5 Å². The summed E-state index contributed by atoms with van der Waals surface area (Å²) < 4.78 is 6.23. The molecule has 0 atom stereocenters. The van der Waals surface area contributed by atoms with Crippen LogP contribution in [0.4, 0.5) is 17.2 Å². The fourth-order valence-electron chi connectivity index (χ4n) is 2.23. The summed E-state index contributed by atoms with van der Waals surface area (Å²) in [6.45, 7) is 0. The van der Waals surface area contributed by atoms with E-state index in [1.165, 1.54) is 0 Å². The van der Waals surface area contributed by atoms with Crippen molar-refractivity contribution in [2.24, 2.45) is 0 Å². The Labute approximate surface area is 154 Å². The largest absolute Gasteiger partial charge is 0.495 e. The minimum atomic E-state index is -0.181. The quantitative estimate of drug-likeness (QED) is 0.645. The third-order valence-electron chi connectivity index (χ3n) is 3.50. The first kappa shape index (κ1) is 17.0. The van der Waals surface area contributed by atoms with Gasteiger partial charge in [-0.3, -0.25) is 4.79 Å². The second-order valence-corrected chi connectivity index (χ2v) is 6.13. The van der Waals surface area contributed by atoms with Crippen molar-refractivity contribution in [3.8, 4) is 5.75 Å². The molecule has 0 spiro atoms. The van der Waals surface area contributed by atoms with Gasteiger partial charge in [-0.05, 0) is 48.5 Å². The van der Waals surface area contributed by atoms with Gasteiger partial charge >= 0.3 is 0 Å². The molecule has 0 radical (unpaired) electrons. The normalized spacial score (nSPS) is 10.2. The maximum Gasteiger partial charge on any atom is 0.255 e. The van der Waals surface area contributed by atoms with Crippen LogP contribution in [-0.2, 0) is 0 Å². The molecule has 0 bridgehead atoms. The molecular weight excluding hydrogens is 382 g/mol. The highest BCUT2D eigenvalue weighted by Gasteiger charge is 2.07. The monoisotopic (exact) mass is 397 g/mol. The maximum atomic E-state index is 12.2. The van der Waals surface area contributed by atoms with E-state index in [-0.39, 0.29) is 5.91 Å². The van der Waals surface area contributed by atoms with E-state index in [0.717, 1.165) is 15.9 Å². The molecule has 0 aliphatic carbocycles. The number of amides is 1. The first-order chi connectivity index (χ1) is 12.2. The minimum Gasteiger partial charge on any atom is -0.495 e. The van der Waals surface area contributed by atoms with Crippen LogP contribution in [0, 0.1) is 0 Å². The van der Waals surface area contributed by atoms with Crippen LogP contribution in [-0.4, -0.2) is 18.0 Å². The Bertz CT molecular complexity index is 865. The third-order valence-corrected chi connectivity index (χ3v) is 4.03. The number of aromatic nitrogens is 1. The van der Waals surface area contributed by atoms with Crippen LogP contribution >= 0.6 is 15.9 Å². The number of halogens is 1. The molecular formula is C19H16BrN3O2. The molecule has 5 nitrogen and oxygen atoms in total. The molecule has 126 valence electrons. The van der Waals surface area contributed by atoms with Gasteiger partial charge in [0.2, 0.25) is 0 Å². The van der Waals surface area contributed by atoms with Crippen molar-refractivity contribution in [3.05, 3.63) is 76.9 Å². The number of rotatable bonds is 5. The summed E-state index contributed by atoms with van der Waals surface area (Å²) in [5, 5.41) is 6.01. The van der Waals surface area contributed by atoms with Crippen LogP contribution in [0.3, 0.4) is 0 Å². The molecule has 0 aliphatic heterocycles. The number of carbonyl (C=O) groups excluding carboxylic acids is 1. The molecule has 0 saturated carbocycles. The number of benzene rings is 2. The van der Waals surface area contributed by atoms with E-state index < -0.39 is 0 Å². The SMILES string of the molecule is COc1ccccc1Nc1ccc(NC(=O)c2ccc(Br)cc2)cn1. The highest BCUT2D eigenvalue weighted by molar-refractivity contribution is 9.10. The fraction of sp³-hybridized carbons (Fsp3) is 0.0526. The van der Waals surface area contributed by atoms with Gasteiger partial charge in [0, 0.05) is 10.0 Å². The Morgan fingerprint density at radius 1 is 1.04 bits per heavy atom. The molecule has 0 fully saturated rings. The van der Waals surface area contributed by atoms with E-state index in [0.29, 0.717) is 17.1 Å². The lowest BCUT2D eigenvalue weighted by molar-refractivity contribution is 0.102. The third kappa shape index (κ3) is 4.36. The van der Waals surface area contributed by atoms with E-state index in [1.54, 1.807) is 37.6 Å². The highest BCUT2D eigenvalue weighted by atomic mass is 79.9. The number of methoxy groups -OCH3 is 1. The minimum absolute atomic E-state index is 0.181. The first-order valence-corrected chi connectivity index (χ1v) is 8.38. The average molecular weight is 398 g/mol. The van der Waals surface area contributed by atoms with Crippen molar-refractivity contribution in [3.63, 3.8) is 0 Å². The Balaban J connectivity index is 1.68. The van der Waals surface area contributed by atoms with Crippen LogP contribution in [0.15, 0.2) is 71.3 Å². The number of pyridine rings is 1. The summed E-state index contributed by atoms with van der Waals surface area (Å²) in [7, 11) is 1.62. The van der Waals surface area contributed by atoms with Gasteiger partial charge in [-0.25, -0.2) is 4.98 Å². The van der Waals surface area contributed by atoms with E-state index >= 15 is 0 Å². The number of carbonyl (C=O) groups is 1. The number of para-hydroxylation sites is 2. The van der Waals surface area contributed by atoms with Crippen molar-refractivity contribution in [1.29, 1.82) is 0 Å². The number of ether oxygens (including phenoxy) is 1. The van der Waals surface area contributed by atoms with Gasteiger partial charge in [0.1, 0.15) is 11.6 Å². The molecule has 0 unspecified atom stereocenters. The molecule has 1 aromatic heterocycles. The lowest BCUT2D eigenvalue weighted by atomic mass is 10.2. The summed E-state index contributed by atoms with van der Waals surface area (Å²) >= 11 is 3.35. The number of hydrogen-bond acceptors (Lipinski definition) is 4. The smallest absolute Gasteiger partial charge is 0.255 e. The topological polar surface area (TPSA) is 63.2 Å². The lowest BCUT2D eigenvalue weighted by Crippen LogP contribution is -2.11. The number of hydrogen-bond donors (Lipinski definition) is 2. The van der Waals surface area contributed by atoms with Crippen LogP contribution in [0.25, 0.3) is 0 Å². The molecule has 3 rings (SSSR count). The second-order valence-electron chi connectivity index (χ2n) is 5.22. The van der Waals surface area contributed by atoms with Crippen molar-refractivity contribution >= 4 is 39.0 Å². The number of anilines is 3. The van der Waals surface area contributed by atoms with Crippen LogP contribution in [0.2, 0.25) is 0 Å². The van der Waals surface area contributed by atoms with E-state index in [1.807, 2.05) is 36.4 Å². The molecule has 2 aromatic carbocycles. The Hall–Kier alpha value is -2.86. The van der Waals surface area contributed by atoms with Gasteiger partial charge in [-0.15, -0.1) is 0 Å². The molecule has 25 heavy (non-hydrogen) atoms. The van der Waals surface area contributed by atoms with Crippen LogP contribution in [0.1, 0.15) is 10.4 Å². The molecule has 6 heteroatoms. The molecule has 0 aliphatic rings. The zero-order valence-corrected chi connectivity index (χ0v) is 15.1. The van der Waals surface area contributed by atoms with Gasteiger partial charge in [0.15, 0.2) is 0 Å². The van der Waals surface area contributed by atoms with Crippen LogP contribution in [0.5, 0.6) is 5.75 Å². The molecule has 0 saturated heterocycles. The zero-order chi connectivity index (χ0) is 17.6. The molecule has 3 aromatic rings. The van der Waals surface area contributed by atoms with Crippen molar-refractivity contribution in [2.75, 3.05) is 17.7 Å². The maximum absolute atomic E-state index is 12.2. The lowest BCUT2D eigenvalue weighted by Gasteiger charge is -2.11. The molecule has 1 heterocycles. The van der Waals surface area contributed by atoms with Crippen molar-refractivity contribution < 1.29 is 9.53 Å². The fourth-order valence-corrected chi connectivity index (χ4v) is 2.50. The summed E-state index contributed by atoms with van der Waals surface area (Å²) in [6.07, 6.45) is 1.61. The average Bonchev–Trinajstić information content (AvgIpc) is 2.64. The Morgan fingerprint density at radius 2 is 1.80 bits per heavy atom. The summed E-state index contributed by atoms with van der Waals surface area (Å²) in [6, 6.07) is 18.3. The first-order valence-electron chi connectivity index (χ1n) is 7.59. The van der Waals surface area contributed by atoms with Gasteiger partial charge in [0.05, 0.1) is 24.7 Å². The highest BCUT2D eigenvalue weighted by Crippen LogP contribution is 2.26. The zero-order valence-electron chi connectivity index (χ0n) is 13.5. The van der Waals surface area contributed by atoms with E-state index in [4.69, 9.17) is 4.74 Å². The van der Waals surface area contributed by atoms with Crippen molar-refractivity contribution in [1.82, 2.24) is 4.98 Å². The molecule has 2 N–H and O–H groups in total. The number of nitrogens with one attached hydrogen (secondary N) is 2.